The lowest BCUT2D eigenvalue weighted by molar-refractivity contribution is 0.0859. The molecule has 2 fully saturated rings. The Bertz CT molecular complexity index is 844. The van der Waals surface area contributed by atoms with Gasteiger partial charge in [-0.05, 0) is 43.5 Å². The van der Waals surface area contributed by atoms with Crippen LogP contribution < -0.4 is 11.0 Å². The van der Waals surface area contributed by atoms with Crippen LogP contribution in [0.4, 0.5) is 0 Å². The lowest BCUT2D eigenvalue weighted by Gasteiger charge is -2.41. The number of imidazole rings is 1. The van der Waals surface area contributed by atoms with Crippen LogP contribution in [0.1, 0.15) is 51.0 Å². The van der Waals surface area contributed by atoms with Crippen molar-refractivity contribution in [1.29, 1.82) is 0 Å². The molecule has 5 nitrogen and oxygen atoms in total. The first kappa shape index (κ1) is 17.8. The van der Waals surface area contributed by atoms with E-state index < -0.39 is 0 Å². The standard InChI is InChI=1S/C21H32N4O/c1-4-22-17-13-21(10-6-5-7-11-21)25(15-17)14-16-8-9-18-19(12-16)24(3)20(26)23(18)2/h8-9,12,17,22H,4-7,10-11,13-15H2,1-3H3. The molecule has 1 aliphatic heterocycles. The molecule has 1 saturated heterocycles. The summed E-state index contributed by atoms with van der Waals surface area (Å²) in [4.78, 5) is 14.9. The Morgan fingerprint density at radius 1 is 1.12 bits per heavy atom. The van der Waals surface area contributed by atoms with Crippen molar-refractivity contribution in [3.8, 4) is 0 Å². The van der Waals surface area contributed by atoms with Crippen molar-refractivity contribution in [1.82, 2.24) is 19.4 Å². The number of hydrogen-bond acceptors (Lipinski definition) is 3. The zero-order chi connectivity index (χ0) is 18.3. The van der Waals surface area contributed by atoms with E-state index in [0.29, 0.717) is 11.6 Å². The smallest absolute Gasteiger partial charge is 0.313 e. The van der Waals surface area contributed by atoms with E-state index in [9.17, 15) is 4.79 Å². The SMILES string of the molecule is CCNC1CN(Cc2ccc3c(c2)n(C)c(=O)n3C)C2(CCCCC2)C1. The number of likely N-dealkylation sites (tertiary alicyclic amines) is 1. The van der Waals surface area contributed by atoms with Gasteiger partial charge in [0.2, 0.25) is 0 Å². The molecule has 1 spiro atoms. The Hall–Kier alpha value is -1.59. The summed E-state index contributed by atoms with van der Waals surface area (Å²) >= 11 is 0. The molecule has 26 heavy (non-hydrogen) atoms. The number of hydrogen-bond donors (Lipinski definition) is 1. The van der Waals surface area contributed by atoms with Crippen LogP contribution in [0.25, 0.3) is 11.0 Å². The van der Waals surface area contributed by atoms with E-state index in [4.69, 9.17) is 0 Å². The molecule has 2 heterocycles. The molecule has 0 amide bonds. The number of aryl methyl sites for hydroxylation is 2. The molecule has 1 aromatic heterocycles. The molecule has 2 aliphatic rings. The van der Waals surface area contributed by atoms with Crippen molar-refractivity contribution in [3.63, 3.8) is 0 Å². The van der Waals surface area contributed by atoms with Gasteiger partial charge in [0.25, 0.3) is 0 Å². The Labute approximate surface area is 156 Å². The lowest BCUT2D eigenvalue weighted by atomic mass is 9.79. The normalized spacial score (nSPS) is 23.3. The van der Waals surface area contributed by atoms with Gasteiger partial charge in [0, 0.05) is 38.8 Å². The third-order valence-electron chi connectivity index (χ3n) is 6.72. The van der Waals surface area contributed by atoms with Gasteiger partial charge >= 0.3 is 5.69 Å². The van der Waals surface area contributed by atoms with Crippen LogP contribution in [0.5, 0.6) is 0 Å². The Morgan fingerprint density at radius 2 is 1.85 bits per heavy atom. The van der Waals surface area contributed by atoms with Crippen LogP contribution in [-0.4, -0.2) is 38.7 Å². The number of aromatic nitrogens is 2. The number of benzene rings is 1. The summed E-state index contributed by atoms with van der Waals surface area (Å²) in [5.41, 5.74) is 3.80. The quantitative estimate of drug-likeness (QED) is 0.916. The predicted molar refractivity (Wildman–Crippen MR) is 106 cm³/mol. The third kappa shape index (κ3) is 2.91. The fourth-order valence-electron chi connectivity index (χ4n) is 5.37. The van der Waals surface area contributed by atoms with Gasteiger partial charge in [0.15, 0.2) is 0 Å². The van der Waals surface area contributed by atoms with Gasteiger partial charge in [0.1, 0.15) is 0 Å². The zero-order valence-corrected chi connectivity index (χ0v) is 16.4. The molecule has 1 N–H and O–H groups in total. The highest BCUT2D eigenvalue weighted by molar-refractivity contribution is 5.76. The topological polar surface area (TPSA) is 42.2 Å². The molecule has 1 atom stereocenters. The van der Waals surface area contributed by atoms with Crippen molar-refractivity contribution in [2.45, 2.75) is 63.6 Å². The fourth-order valence-corrected chi connectivity index (χ4v) is 5.37. The maximum absolute atomic E-state index is 12.2. The van der Waals surface area contributed by atoms with Crippen molar-refractivity contribution >= 4 is 11.0 Å². The summed E-state index contributed by atoms with van der Waals surface area (Å²) in [5.74, 6) is 0. The van der Waals surface area contributed by atoms with Gasteiger partial charge in [-0.3, -0.25) is 14.0 Å². The predicted octanol–water partition coefficient (Wildman–Crippen LogP) is 2.76. The molecule has 0 bridgehead atoms. The number of nitrogens with zero attached hydrogens (tertiary/aromatic N) is 3. The molecule has 142 valence electrons. The number of fused-ring (bicyclic) bond motifs is 1. The van der Waals surface area contributed by atoms with Crippen molar-refractivity contribution in [2.24, 2.45) is 14.1 Å². The number of rotatable bonds is 4. The second-order valence-corrected chi connectivity index (χ2v) is 8.35. The Kier molecular flexibility index (Phi) is 4.70. The summed E-state index contributed by atoms with van der Waals surface area (Å²) in [6.45, 7) is 5.38. The van der Waals surface area contributed by atoms with E-state index in [0.717, 1.165) is 30.7 Å². The van der Waals surface area contributed by atoms with E-state index in [1.165, 1.54) is 44.1 Å². The molecule has 1 aliphatic carbocycles. The minimum atomic E-state index is 0.0503. The largest absolute Gasteiger partial charge is 0.328 e. The summed E-state index contributed by atoms with van der Waals surface area (Å²) in [7, 11) is 3.72. The molecule has 2 aromatic rings. The van der Waals surface area contributed by atoms with E-state index in [1.54, 1.807) is 9.13 Å². The van der Waals surface area contributed by atoms with Crippen LogP contribution in [0.15, 0.2) is 23.0 Å². The van der Waals surface area contributed by atoms with Crippen LogP contribution in [0.3, 0.4) is 0 Å². The summed E-state index contributed by atoms with van der Waals surface area (Å²) in [5, 5.41) is 3.69. The van der Waals surface area contributed by atoms with E-state index >= 15 is 0 Å². The van der Waals surface area contributed by atoms with Gasteiger partial charge in [-0.2, -0.15) is 0 Å². The maximum Gasteiger partial charge on any atom is 0.328 e. The van der Waals surface area contributed by atoms with Gasteiger partial charge in [-0.15, -0.1) is 0 Å². The average Bonchev–Trinajstić information content (AvgIpc) is 3.06. The van der Waals surface area contributed by atoms with Gasteiger partial charge in [-0.25, -0.2) is 4.79 Å². The van der Waals surface area contributed by atoms with Crippen LogP contribution in [-0.2, 0) is 20.6 Å². The second-order valence-electron chi connectivity index (χ2n) is 8.35. The van der Waals surface area contributed by atoms with Gasteiger partial charge < -0.3 is 5.32 Å². The van der Waals surface area contributed by atoms with Crippen LogP contribution in [0.2, 0.25) is 0 Å². The van der Waals surface area contributed by atoms with E-state index in [2.05, 4.69) is 35.3 Å². The second kappa shape index (κ2) is 6.86. The molecular weight excluding hydrogens is 324 g/mol. The van der Waals surface area contributed by atoms with Crippen LogP contribution in [0, 0.1) is 0 Å². The third-order valence-corrected chi connectivity index (χ3v) is 6.72. The van der Waals surface area contributed by atoms with E-state index in [1.807, 2.05) is 14.1 Å². The van der Waals surface area contributed by atoms with Crippen LogP contribution >= 0.6 is 0 Å². The Balaban J connectivity index is 1.63. The van der Waals surface area contributed by atoms with Crippen molar-refractivity contribution in [2.75, 3.05) is 13.1 Å². The molecule has 0 radical (unpaired) electrons. The number of likely N-dealkylation sites (N-methyl/N-ethyl adjacent to an activating group) is 1. The zero-order valence-electron chi connectivity index (χ0n) is 16.4. The number of nitrogens with one attached hydrogen (secondary N) is 1. The highest BCUT2D eigenvalue weighted by Crippen LogP contribution is 2.42. The fraction of sp³-hybridized carbons (Fsp3) is 0.667. The molecule has 1 aromatic carbocycles. The molecule has 5 heteroatoms. The monoisotopic (exact) mass is 356 g/mol. The molecule has 1 unspecified atom stereocenters. The first-order valence-electron chi connectivity index (χ1n) is 10.2. The summed E-state index contributed by atoms with van der Waals surface area (Å²) in [6, 6.07) is 7.15. The first-order valence-corrected chi connectivity index (χ1v) is 10.2. The molecule has 4 rings (SSSR count). The van der Waals surface area contributed by atoms with E-state index in [-0.39, 0.29) is 5.69 Å². The molecular formula is C21H32N4O. The minimum Gasteiger partial charge on any atom is -0.313 e. The Morgan fingerprint density at radius 3 is 2.58 bits per heavy atom. The highest BCUT2D eigenvalue weighted by atomic mass is 16.1. The van der Waals surface area contributed by atoms with Gasteiger partial charge in [0.05, 0.1) is 11.0 Å². The summed E-state index contributed by atoms with van der Waals surface area (Å²) in [6.07, 6.45) is 8.07. The first-order chi connectivity index (χ1) is 12.5. The lowest BCUT2D eigenvalue weighted by Crippen LogP contribution is -2.44. The highest BCUT2D eigenvalue weighted by Gasteiger charge is 2.45. The van der Waals surface area contributed by atoms with Crippen molar-refractivity contribution < 1.29 is 0 Å². The average molecular weight is 357 g/mol. The molecule has 1 saturated carbocycles. The summed E-state index contributed by atoms with van der Waals surface area (Å²) < 4.78 is 3.50. The van der Waals surface area contributed by atoms with Gasteiger partial charge in [-0.1, -0.05) is 32.3 Å². The van der Waals surface area contributed by atoms with Crippen molar-refractivity contribution in [3.05, 3.63) is 34.2 Å². The maximum atomic E-state index is 12.2. The minimum absolute atomic E-state index is 0.0503.